The Hall–Kier alpha value is -2.49. The van der Waals surface area contributed by atoms with E-state index in [-0.39, 0.29) is 23.2 Å². The summed E-state index contributed by atoms with van der Waals surface area (Å²) in [6.45, 7) is 2.30. The molecule has 8 nitrogen and oxygen atoms in total. The van der Waals surface area contributed by atoms with Gasteiger partial charge >= 0.3 is 11.4 Å². The molecule has 0 saturated heterocycles. The summed E-state index contributed by atoms with van der Waals surface area (Å²) in [4.78, 5) is 30.5. The van der Waals surface area contributed by atoms with E-state index >= 15 is 0 Å². The van der Waals surface area contributed by atoms with Gasteiger partial charge in [-0.3, -0.25) is 9.97 Å². The lowest BCUT2D eigenvalue weighted by Gasteiger charge is -2.15. The average molecular weight is 454 g/mol. The van der Waals surface area contributed by atoms with Crippen molar-refractivity contribution in [2.75, 3.05) is 18.1 Å². The highest BCUT2D eigenvalue weighted by molar-refractivity contribution is 7.91. The van der Waals surface area contributed by atoms with Crippen molar-refractivity contribution < 1.29 is 17.5 Å². The van der Waals surface area contributed by atoms with Crippen LogP contribution in [0.5, 0.6) is 5.75 Å². The highest BCUT2D eigenvalue weighted by Crippen LogP contribution is 2.31. The molecule has 170 valence electrons. The molecule has 1 aromatic heterocycles. The van der Waals surface area contributed by atoms with Crippen molar-refractivity contribution in [1.29, 1.82) is 0 Å². The van der Waals surface area contributed by atoms with Crippen molar-refractivity contribution in [3.8, 4) is 5.75 Å². The van der Waals surface area contributed by atoms with E-state index in [1.54, 1.807) is 12.1 Å². The lowest BCUT2D eigenvalue weighted by atomic mass is 10.0. The first-order valence-electron chi connectivity index (χ1n) is 10.5. The number of H-pyrrole nitrogens is 2. The molecule has 1 saturated carbocycles. The van der Waals surface area contributed by atoms with E-state index in [0.29, 0.717) is 44.0 Å². The Morgan fingerprint density at radius 1 is 1.19 bits per heavy atom. The predicted octanol–water partition coefficient (Wildman–Crippen LogP) is 2.32. The lowest BCUT2D eigenvalue weighted by Crippen LogP contribution is -2.26. The van der Waals surface area contributed by atoms with Crippen LogP contribution >= 0.6 is 0 Å². The number of sulfone groups is 1. The normalized spacial score (nSPS) is 15.0. The molecule has 2 N–H and O–H groups in total. The van der Waals surface area contributed by atoms with Crippen LogP contribution in [0.4, 0.5) is 4.39 Å². The summed E-state index contributed by atoms with van der Waals surface area (Å²) >= 11 is 0. The molecule has 0 bridgehead atoms. The third-order valence-electron chi connectivity index (χ3n) is 5.28. The average Bonchev–Trinajstić information content (AvgIpc) is 3.50. The van der Waals surface area contributed by atoms with Crippen LogP contribution in [0.15, 0.2) is 27.8 Å². The molecule has 0 amide bonds. The van der Waals surface area contributed by atoms with Crippen LogP contribution in [0, 0.1) is 11.7 Å². The summed E-state index contributed by atoms with van der Waals surface area (Å²) in [6, 6.07) is 4.54. The zero-order valence-electron chi connectivity index (χ0n) is 17.5. The number of unbranched alkanes of at least 4 members (excludes halogenated alkanes) is 2. The van der Waals surface area contributed by atoms with Gasteiger partial charge in [-0.15, -0.1) is 0 Å². The minimum Gasteiger partial charge on any atom is -0.490 e. The van der Waals surface area contributed by atoms with Gasteiger partial charge in [-0.1, -0.05) is 19.4 Å². The van der Waals surface area contributed by atoms with Crippen LogP contribution in [0.1, 0.15) is 56.3 Å². The Bertz CT molecular complexity index is 1080. The van der Waals surface area contributed by atoms with Gasteiger partial charge in [-0.2, -0.15) is 4.98 Å². The number of aromatic amines is 2. The number of nitrogens with one attached hydrogen (secondary N) is 2. The van der Waals surface area contributed by atoms with Crippen LogP contribution in [0.25, 0.3) is 0 Å². The van der Waals surface area contributed by atoms with E-state index in [1.165, 1.54) is 6.07 Å². The number of rotatable bonds is 12. The molecule has 3 rings (SSSR count). The van der Waals surface area contributed by atoms with Gasteiger partial charge in [0.1, 0.15) is 5.82 Å². The van der Waals surface area contributed by atoms with Gasteiger partial charge in [-0.25, -0.2) is 22.4 Å². The maximum Gasteiger partial charge on any atom is 0.350 e. The summed E-state index contributed by atoms with van der Waals surface area (Å²) in [7, 11) is -3.29. The molecule has 1 aliphatic carbocycles. The standard InChI is InChI=1S/C21H28FN3O5S/c1-14(16-8-9-17(22)18(11-16)30-12-15-6-7-15)13-31(28,29)10-4-2-3-5-19-23-20(26)25-21(27)24-19/h8-9,11,14-15H,2-7,10,12-13H2,1H3,(H2,23,24,25,26,27)/t14-/m0/s1. The fraction of sp³-hybridized carbons (Fsp3) is 0.571. The second-order valence-electron chi connectivity index (χ2n) is 8.21. The maximum atomic E-state index is 14.0. The molecule has 10 heteroatoms. The fourth-order valence-electron chi connectivity index (χ4n) is 3.34. The Balaban J connectivity index is 1.45. The summed E-state index contributed by atoms with van der Waals surface area (Å²) in [6.07, 6.45) is 4.31. The minimum atomic E-state index is -3.29. The first kappa shape index (κ1) is 23.2. The van der Waals surface area contributed by atoms with Crippen LogP contribution in [-0.4, -0.2) is 41.5 Å². The lowest BCUT2D eigenvalue weighted by molar-refractivity contribution is 0.285. The number of hydrogen-bond donors (Lipinski definition) is 2. The highest BCUT2D eigenvalue weighted by Gasteiger charge is 2.23. The summed E-state index contributed by atoms with van der Waals surface area (Å²) < 4.78 is 44.5. The number of aryl methyl sites for hydroxylation is 1. The number of halogens is 1. The molecular weight excluding hydrogens is 425 g/mol. The van der Waals surface area contributed by atoms with Gasteiger partial charge in [0, 0.05) is 6.42 Å². The molecule has 1 atom stereocenters. The fourth-order valence-corrected chi connectivity index (χ4v) is 5.10. The smallest absolute Gasteiger partial charge is 0.350 e. The summed E-state index contributed by atoms with van der Waals surface area (Å²) in [5.41, 5.74) is -0.564. The zero-order valence-corrected chi connectivity index (χ0v) is 18.3. The third kappa shape index (κ3) is 7.61. The molecular formula is C21H28FN3O5S. The van der Waals surface area contributed by atoms with Gasteiger partial charge < -0.3 is 4.74 Å². The number of aromatic nitrogens is 3. The van der Waals surface area contributed by atoms with Gasteiger partial charge in [0.15, 0.2) is 21.4 Å². The van der Waals surface area contributed by atoms with Crippen molar-refractivity contribution in [2.45, 2.75) is 51.4 Å². The van der Waals surface area contributed by atoms with E-state index in [0.717, 1.165) is 18.4 Å². The molecule has 1 aliphatic rings. The molecule has 1 heterocycles. The summed E-state index contributed by atoms with van der Waals surface area (Å²) in [5.74, 6) is 0.280. The van der Waals surface area contributed by atoms with E-state index in [4.69, 9.17) is 4.74 Å². The van der Waals surface area contributed by atoms with Gasteiger partial charge in [-0.05, 0) is 55.2 Å². The molecule has 1 fully saturated rings. The molecule has 0 radical (unpaired) electrons. The molecule has 0 spiro atoms. The van der Waals surface area contributed by atoms with Crippen molar-refractivity contribution in [3.63, 3.8) is 0 Å². The monoisotopic (exact) mass is 453 g/mol. The Morgan fingerprint density at radius 3 is 2.68 bits per heavy atom. The zero-order chi connectivity index (χ0) is 22.4. The van der Waals surface area contributed by atoms with Crippen LogP contribution < -0.4 is 16.1 Å². The minimum absolute atomic E-state index is 0.0242. The number of nitrogens with zero attached hydrogens (tertiary/aromatic N) is 1. The number of benzene rings is 1. The molecule has 0 unspecified atom stereocenters. The predicted molar refractivity (Wildman–Crippen MR) is 115 cm³/mol. The SMILES string of the molecule is C[C@@H](CS(=O)(=O)CCCCCc1nc(=O)[nH]c(=O)[nH]1)c1ccc(F)c(OCC2CC2)c1. The number of hydrogen-bond acceptors (Lipinski definition) is 6. The quantitative estimate of drug-likeness (QED) is 0.476. The second kappa shape index (κ2) is 10.2. The van der Waals surface area contributed by atoms with E-state index in [1.807, 2.05) is 11.9 Å². The van der Waals surface area contributed by atoms with Crippen LogP contribution in [-0.2, 0) is 16.3 Å². The molecule has 2 aromatic rings. The Labute approximate surface area is 180 Å². The topological polar surface area (TPSA) is 122 Å². The van der Waals surface area contributed by atoms with E-state index < -0.39 is 27.0 Å². The molecule has 0 aliphatic heterocycles. The van der Waals surface area contributed by atoms with E-state index in [9.17, 15) is 22.4 Å². The van der Waals surface area contributed by atoms with Crippen LogP contribution in [0.3, 0.4) is 0 Å². The second-order valence-corrected chi connectivity index (χ2v) is 10.4. The maximum absolute atomic E-state index is 14.0. The van der Waals surface area contributed by atoms with Gasteiger partial charge in [0.05, 0.1) is 18.1 Å². The Kier molecular flexibility index (Phi) is 7.64. The largest absolute Gasteiger partial charge is 0.490 e. The number of ether oxygens (including phenoxy) is 1. The molecule has 1 aromatic carbocycles. The van der Waals surface area contributed by atoms with Crippen LogP contribution in [0.2, 0.25) is 0 Å². The first-order valence-corrected chi connectivity index (χ1v) is 12.4. The summed E-state index contributed by atoms with van der Waals surface area (Å²) in [5, 5.41) is 0. The van der Waals surface area contributed by atoms with Crippen molar-refractivity contribution in [2.24, 2.45) is 5.92 Å². The van der Waals surface area contributed by atoms with Crippen molar-refractivity contribution in [1.82, 2.24) is 15.0 Å². The van der Waals surface area contributed by atoms with Crippen molar-refractivity contribution >= 4 is 9.84 Å². The van der Waals surface area contributed by atoms with Gasteiger partial charge in [0.25, 0.3) is 0 Å². The van der Waals surface area contributed by atoms with Crippen molar-refractivity contribution in [3.05, 3.63) is 56.4 Å². The highest BCUT2D eigenvalue weighted by atomic mass is 32.2. The van der Waals surface area contributed by atoms with E-state index in [2.05, 4.69) is 9.97 Å². The Morgan fingerprint density at radius 2 is 1.97 bits per heavy atom. The molecule has 31 heavy (non-hydrogen) atoms. The van der Waals surface area contributed by atoms with Gasteiger partial charge in [0.2, 0.25) is 0 Å². The third-order valence-corrected chi connectivity index (χ3v) is 7.20. The first-order chi connectivity index (χ1) is 14.7.